The quantitative estimate of drug-likeness (QED) is 0.618. The van der Waals surface area contributed by atoms with Crippen molar-refractivity contribution < 1.29 is 9.59 Å². The highest BCUT2D eigenvalue weighted by atomic mass is 35.5. The first kappa shape index (κ1) is 20.0. The number of likely N-dealkylation sites (tertiary alicyclic amines) is 1. The summed E-state index contributed by atoms with van der Waals surface area (Å²) in [5.74, 6) is -0.633. The van der Waals surface area contributed by atoms with E-state index in [4.69, 9.17) is 23.2 Å². The maximum Gasteiger partial charge on any atom is 0.282 e. The van der Waals surface area contributed by atoms with Gasteiger partial charge in [0, 0.05) is 23.7 Å². The first-order chi connectivity index (χ1) is 14.0. The molecular formula is C23H22Cl2N2O2. The summed E-state index contributed by atoms with van der Waals surface area (Å²) >= 11 is 12.5. The maximum atomic E-state index is 13.5. The molecule has 2 amide bonds. The van der Waals surface area contributed by atoms with Crippen LogP contribution in [0.15, 0.2) is 48.2 Å². The molecule has 29 heavy (non-hydrogen) atoms. The van der Waals surface area contributed by atoms with Crippen molar-refractivity contribution in [2.75, 3.05) is 18.0 Å². The van der Waals surface area contributed by atoms with E-state index in [2.05, 4.69) is 6.92 Å². The number of halogens is 2. The molecule has 2 aromatic rings. The van der Waals surface area contributed by atoms with Crippen LogP contribution >= 0.6 is 23.2 Å². The molecule has 4 rings (SSSR count). The van der Waals surface area contributed by atoms with Crippen LogP contribution in [0.4, 0.5) is 5.69 Å². The number of imide groups is 1. The van der Waals surface area contributed by atoms with Crippen molar-refractivity contribution in [3.05, 3.63) is 69.3 Å². The average Bonchev–Trinajstić information content (AvgIpc) is 2.99. The highest BCUT2D eigenvalue weighted by Crippen LogP contribution is 2.39. The van der Waals surface area contributed by atoms with Gasteiger partial charge in [-0.1, -0.05) is 48.3 Å². The fourth-order valence-corrected chi connectivity index (χ4v) is 4.48. The second-order valence-corrected chi connectivity index (χ2v) is 8.20. The molecular weight excluding hydrogens is 407 g/mol. The molecule has 2 aromatic carbocycles. The van der Waals surface area contributed by atoms with Gasteiger partial charge < -0.3 is 4.90 Å². The largest absolute Gasteiger partial charge is 0.366 e. The molecule has 0 unspecified atom stereocenters. The number of hydrogen-bond donors (Lipinski definition) is 0. The van der Waals surface area contributed by atoms with E-state index in [1.165, 1.54) is 4.90 Å². The summed E-state index contributed by atoms with van der Waals surface area (Å²) in [5, 5.41) is 0.856. The average molecular weight is 429 g/mol. The number of aryl methyl sites for hydroxylation is 1. The van der Waals surface area contributed by atoms with Crippen LogP contribution in [0.2, 0.25) is 10.0 Å². The van der Waals surface area contributed by atoms with E-state index in [9.17, 15) is 9.59 Å². The third-order valence-corrected chi connectivity index (χ3v) is 6.08. The molecule has 0 N–H and O–H groups in total. The standard InChI is InChI=1S/C23H22Cl2N2O2/c1-2-15-6-9-17(10-7-15)27-22(28)20(18-11-8-16(24)14-19(18)25)21(23(27)29)26-12-4-3-5-13-26/h6-11,14H,2-5,12-13H2,1H3. The van der Waals surface area contributed by atoms with Crippen LogP contribution in [-0.2, 0) is 16.0 Å². The Morgan fingerprint density at radius 3 is 2.21 bits per heavy atom. The predicted molar refractivity (Wildman–Crippen MR) is 117 cm³/mol. The van der Waals surface area contributed by atoms with E-state index >= 15 is 0 Å². The number of carbonyl (C=O) groups is 2. The Balaban J connectivity index is 1.83. The van der Waals surface area contributed by atoms with Crippen molar-refractivity contribution in [1.82, 2.24) is 4.90 Å². The number of piperidine rings is 1. The third-order valence-electron chi connectivity index (χ3n) is 5.53. The summed E-state index contributed by atoms with van der Waals surface area (Å²) in [7, 11) is 0. The topological polar surface area (TPSA) is 40.6 Å². The van der Waals surface area contributed by atoms with Gasteiger partial charge in [0.15, 0.2) is 0 Å². The van der Waals surface area contributed by atoms with E-state index in [0.717, 1.165) is 44.3 Å². The summed E-state index contributed by atoms with van der Waals surface area (Å²) in [4.78, 5) is 30.3. The third kappa shape index (κ3) is 3.67. The van der Waals surface area contributed by atoms with Gasteiger partial charge in [-0.2, -0.15) is 0 Å². The summed E-state index contributed by atoms with van der Waals surface area (Å²) in [6.07, 6.45) is 4.02. The van der Waals surface area contributed by atoms with E-state index in [1.807, 2.05) is 29.2 Å². The number of benzene rings is 2. The van der Waals surface area contributed by atoms with Crippen LogP contribution in [-0.4, -0.2) is 29.8 Å². The van der Waals surface area contributed by atoms with Gasteiger partial charge in [-0.05, 0) is 55.5 Å². The van der Waals surface area contributed by atoms with Gasteiger partial charge in [-0.15, -0.1) is 0 Å². The summed E-state index contributed by atoms with van der Waals surface area (Å²) in [5.41, 5.74) is 3.07. The first-order valence-electron chi connectivity index (χ1n) is 9.93. The molecule has 0 aliphatic carbocycles. The van der Waals surface area contributed by atoms with Gasteiger partial charge in [-0.25, -0.2) is 4.90 Å². The van der Waals surface area contributed by atoms with Crippen molar-refractivity contribution >= 4 is 46.3 Å². The van der Waals surface area contributed by atoms with Crippen LogP contribution in [0.3, 0.4) is 0 Å². The molecule has 2 aliphatic rings. The lowest BCUT2D eigenvalue weighted by atomic mass is 10.0. The molecule has 1 fully saturated rings. The minimum Gasteiger partial charge on any atom is -0.366 e. The Morgan fingerprint density at radius 1 is 0.897 bits per heavy atom. The smallest absolute Gasteiger partial charge is 0.282 e. The SMILES string of the molecule is CCc1ccc(N2C(=O)C(c3ccc(Cl)cc3Cl)=C(N3CCCCC3)C2=O)cc1. The van der Waals surface area contributed by atoms with Gasteiger partial charge >= 0.3 is 0 Å². The second kappa shape index (κ2) is 8.21. The Labute approximate surface area is 180 Å². The highest BCUT2D eigenvalue weighted by molar-refractivity contribution is 6.47. The van der Waals surface area contributed by atoms with Gasteiger partial charge in [0.05, 0.1) is 16.3 Å². The molecule has 0 atom stereocenters. The van der Waals surface area contributed by atoms with Gasteiger partial charge in [0.1, 0.15) is 5.70 Å². The number of amides is 2. The van der Waals surface area contributed by atoms with E-state index in [-0.39, 0.29) is 11.8 Å². The van der Waals surface area contributed by atoms with Crippen molar-refractivity contribution in [3.8, 4) is 0 Å². The Kier molecular flexibility index (Phi) is 5.66. The lowest BCUT2D eigenvalue weighted by Gasteiger charge is -2.29. The highest BCUT2D eigenvalue weighted by Gasteiger charge is 2.43. The lowest BCUT2D eigenvalue weighted by Crippen LogP contribution is -2.37. The molecule has 0 spiro atoms. The van der Waals surface area contributed by atoms with Crippen molar-refractivity contribution in [2.45, 2.75) is 32.6 Å². The Morgan fingerprint density at radius 2 is 1.59 bits per heavy atom. The zero-order valence-corrected chi connectivity index (χ0v) is 17.8. The number of hydrogen-bond acceptors (Lipinski definition) is 3. The van der Waals surface area contributed by atoms with Gasteiger partial charge in [-0.3, -0.25) is 9.59 Å². The first-order valence-corrected chi connectivity index (χ1v) is 10.7. The summed E-state index contributed by atoms with van der Waals surface area (Å²) in [6.45, 7) is 3.58. The molecule has 150 valence electrons. The van der Waals surface area contributed by atoms with E-state index in [1.54, 1.807) is 18.2 Å². The van der Waals surface area contributed by atoms with E-state index < -0.39 is 0 Å². The van der Waals surface area contributed by atoms with Gasteiger partial charge in [0.2, 0.25) is 0 Å². The number of nitrogens with zero attached hydrogens (tertiary/aromatic N) is 2. The summed E-state index contributed by atoms with van der Waals surface area (Å²) < 4.78 is 0. The predicted octanol–water partition coefficient (Wildman–Crippen LogP) is 5.33. The number of rotatable bonds is 4. The Bertz CT molecular complexity index is 992. The molecule has 4 nitrogen and oxygen atoms in total. The van der Waals surface area contributed by atoms with Crippen LogP contribution in [0, 0.1) is 0 Å². The van der Waals surface area contributed by atoms with Crippen LogP contribution in [0.1, 0.15) is 37.3 Å². The van der Waals surface area contributed by atoms with Crippen LogP contribution < -0.4 is 4.90 Å². The zero-order chi connectivity index (χ0) is 20.5. The van der Waals surface area contributed by atoms with E-state index in [0.29, 0.717) is 32.6 Å². The fourth-order valence-electron chi connectivity index (χ4n) is 3.98. The number of anilines is 1. The minimum atomic E-state index is -0.343. The molecule has 6 heteroatoms. The number of carbonyl (C=O) groups excluding carboxylic acids is 2. The van der Waals surface area contributed by atoms with Crippen LogP contribution in [0.5, 0.6) is 0 Å². The minimum absolute atomic E-state index is 0.290. The van der Waals surface area contributed by atoms with Crippen LogP contribution in [0.25, 0.3) is 5.57 Å². The molecule has 1 saturated heterocycles. The molecule has 0 saturated carbocycles. The Hall–Kier alpha value is -2.30. The zero-order valence-electron chi connectivity index (χ0n) is 16.3. The van der Waals surface area contributed by atoms with Gasteiger partial charge in [0.25, 0.3) is 11.8 Å². The molecule has 2 heterocycles. The second-order valence-electron chi connectivity index (χ2n) is 7.36. The monoisotopic (exact) mass is 428 g/mol. The van der Waals surface area contributed by atoms with Crippen molar-refractivity contribution in [1.29, 1.82) is 0 Å². The fraction of sp³-hybridized carbons (Fsp3) is 0.304. The lowest BCUT2D eigenvalue weighted by molar-refractivity contribution is -0.120. The normalized spacial score (nSPS) is 17.5. The molecule has 0 bridgehead atoms. The maximum absolute atomic E-state index is 13.5. The molecule has 0 aromatic heterocycles. The van der Waals surface area contributed by atoms with Crippen molar-refractivity contribution in [2.24, 2.45) is 0 Å². The molecule has 0 radical (unpaired) electrons. The van der Waals surface area contributed by atoms with Crippen molar-refractivity contribution in [3.63, 3.8) is 0 Å². The molecule has 2 aliphatic heterocycles. The summed E-state index contributed by atoms with van der Waals surface area (Å²) in [6, 6.07) is 12.6.